The van der Waals surface area contributed by atoms with Crippen molar-refractivity contribution < 1.29 is 14.6 Å². The number of carboxylic acid groups (broad SMARTS) is 1. The number of carbonyl (C=O) groups is 1. The van der Waals surface area contributed by atoms with E-state index in [1.54, 1.807) is 6.07 Å². The smallest absolute Gasteiger partial charge is 0.337 e. The van der Waals surface area contributed by atoms with E-state index in [2.05, 4.69) is 5.18 Å². The maximum Gasteiger partial charge on any atom is 0.337 e. The highest BCUT2D eigenvalue weighted by Crippen LogP contribution is 2.26. The summed E-state index contributed by atoms with van der Waals surface area (Å²) in [5.74, 6) is -1.06. The van der Waals surface area contributed by atoms with Gasteiger partial charge in [0.2, 0.25) is 0 Å². The Kier molecular flexibility index (Phi) is 3.34. The predicted octanol–water partition coefficient (Wildman–Crippen LogP) is 1.62. The fourth-order valence-electron chi connectivity index (χ4n) is 1.83. The summed E-state index contributed by atoms with van der Waals surface area (Å²) in [6.45, 7) is 2.45. The maximum absolute atomic E-state index is 11.1. The van der Waals surface area contributed by atoms with Gasteiger partial charge < -0.3 is 14.7 Å². The minimum Gasteiger partial charge on any atom is -0.478 e. The van der Waals surface area contributed by atoms with Crippen LogP contribution in [0.3, 0.4) is 0 Å². The molecule has 1 fully saturated rings. The number of benzene rings is 1. The van der Waals surface area contributed by atoms with Gasteiger partial charge in [-0.3, -0.25) is 0 Å². The fourth-order valence-corrected chi connectivity index (χ4v) is 1.83. The zero-order valence-corrected chi connectivity index (χ0v) is 9.13. The van der Waals surface area contributed by atoms with Crippen molar-refractivity contribution in [1.29, 1.82) is 0 Å². The molecular weight excluding hydrogens is 224 g/mol. The number of rotatable bonds is 3. The molecule has 0 bridgehead atoms. The fraction of sp³-hybridized carbons (Fsp3) is 0.364. The highest BCUT2D eigenvalue weighted by molar-refractivity contribution is 5.95. The molecule has 0 radical (unpaired) electrons. The van der Waals surface area contributed by atoms with E-state index in [1.165, 1.54) is 12.1 Å². The number of hydrogen-bond donors (Lipinski definition) is 1. The summed E-state index contributed by atoms with van der Waals surface area (Å²) in [6.07, 6.45) is 0. The first-order valence-electron chi connectivity index (χ1n) is 5.26. The Labute approximate surface area is 97.8 Å². The van der Waals surface area contributed by atoms with Crippen molar-refractivity contribution in [3.63, 3.8) is 0 Å². The minimum absolute atomic E-state index is 0.101. The molecule has 1 aliphatic rings. The largest absolute Gasteiger partial charge is 0.478 e. The molecule has 0 aliphatic carbocycles. The molecule has 1 aromatic rings. The molecule has 90 valence electrons. The van der Waals surface area contributed by atoms with E-state index in [-0.39, 0.29) is 11.3 Å². The SMILES string of the molecule is O=Nc1ccc(N2CCOCC2)c(C(=O)O)c1. The van der Waals surface area contributed by atoms with Crippen molar-refractivity contribution in [1.82, 2.24) is 0 Å². The van der Waals surface area contributed by atoms with Gasteiger partial charge in [0.1, 0.15) is 5.69 Å². The molecule has 1 saturated heterocycles. The summed E-state index contributed by atoms with van der Waals surface area (Å²) in [6, 6.07) is 4.43. The number of ether oxygens (including phenoxy) is 1. The van der Waals surface area contributed by atoms with Crippen LogP contribution in [0, 0.1) is 4.91 Å². The van der Waals surface area contributed by atoms with E-state index in [4.69, 9.17) is 9.84 Å². The Morgan fingerprint density at radius 2 is 2.06 bits per heavy atom. The van der Waals surface area contributed by atoms with Crippen LogP contribution in [0.1, 0.15) is 10.4 Å². The molecule has 1 aliphatic heterocycles. The summed E-state index contributed by atoms with van der Waals surface area (Å²) in [7, 11) is 0. The summed E-state index contributed by atoms with van der Waals surface area (Å²) < 4.78 is 5.21. The van der Waals surface area contributed by atoms with Gasteiger partial charge in [-0.25, -0.2) is 4.79 Å². The van der Waals surface area contributed by atoms with Crippen molar-refractivity contribution in [3.05, 3.63) is 28.7 Å². The molecule has 0 spiro atoms. The third-order valence-electron chi connectivity index (χ3n) is 2.67. The third-order valence-corrected chi connectivity index (χ3v) is 2.67. The lowest BCUT2D eigenvalue weighted by atomic mass is 10.1. The van der Waals surface area contributed by atoms with E-state index in [9.17, 15) is 9.70 Å². The second-order valence-electron chi connectivity index (χ2n) is 3.70. The number of anilines is 1. The molecule has 6 nitrogen and oxygen atoms in total. The molecule has 1 N–H and O–H groups in total. The third kappa shape index (κ3) is 2.42. The second-order valence-corrected chi connectivity index (χ2v) is 3.70. The zero-order chi connectivity index (χ0) is 12.3. The van der Waals surface area contributed by atoms with Crippen LogP contribution in [0.15, 0.2) is 23.4 Å². The molecule has 2 rings (SSSR count). The summed E-state index contributed by atoms with van der Waals surface area (Å²) in [5, 5.41) is 11.9. The monoisotopic (exact) mass is 236 g/mol. The number of morpholine rings is 1. The molecule has 0 amide bonds. The highest BCUT2D eigenvalue weighted by atomic mass is 16.5. The van der Waals surface area contributed by atoms with Gasteiger partial charge in [-0.05, 0) is 23.4 Å². The summed E-state index contributed by atoms with van der Waals surface area (Å²) in [5.41, 5.74) is 0.830. The Morgan fingerprint density at radius 3 is 2.65 bits per heavy atom. The summed E-state index contributed by atoms with van der Waals surface area (Å²) in [4.78, 5) is 23.5. The van der Waals surface area contributed by atoms with E-state index in [0.717, 1.165) is 0 Å². The number of nitroso groups, excluding NO2 is 1. The van der Waals surface area contributed by atoms with Gasteiger partial charge in [-0.1, -0.05) is 0 Å². The lowest BCUT2D eigenvalue weighted by Crippen LogP contribution is -2.37. The first-order chi connectivity index (χ1) is 8.22. The lowest BCUT2D eigenvalue weighted by molar-refractivity contribution is 0.0696. The summed E-state index contributed by atoms with van der Waals surface area (Å²) >= 11 is 0. The van der Waals surface area contributed by atoms with Crippen molar-refractivity contribution >= 4 is 17.3 Å². The van der Waals surface area contributed by atoms with E-state index in [0.29, 0.717) is 32.0 Å². The number of nitrogens with zero attached hydrogens (tertiary/aromatic N) is 2. The van der Waals surface area contributed by atoms with Gasteiger partial charge in [0, 0.05) is 13.1 Å². The first-order valence-corrected chi connectivity index (χ1v) is 5.26. The van der Waals surface area contributed by atoms with E-state index >= 15 is 0 Å². The molecule has 0 atom stereocenters. The Balaban J connectivity index is 2.37. The van der Waals surface area contributed by atoms with Crippen molar-refractivity contribution in [3.8, 4) is 0 Å². The molecule has 1 aromatic carbocycles. The van der Waals surface area contributed by atoms with Gasteiger partial charge in [-0.2, -0.15) is 0 Å². The van der Waals surface area contributed by atoms with Crippen molar-refractivity contribution in [2.45, 2.75) is 0 Å². The minimum atomic E-state index is -1.06. The van der Waals surface area contributed by atoms with Crippen LogP contribution in [0.4, 0.5) is 11.4 Å². The zero-order valence-electron chi connectivity index (χ0n) is 9.13. The molecule has 0 saturated carbocycles. The van der Waals surface area contributed by atoms with Crippen LogP contribution >= 0.6 is 0 Å². The Hall–Kier alpha value is -1.95. The van der Waals surface area contributed by atoms with Crippen molar-refractivity contribution in [2.24, 2.45) is 5.18 Å². The number of carboxylic acids is 1. The van der Waals surface area contributed by atoms with E-state index < -0.39 is 5.97 Å². The Bertz CT molecular complexity index is 441. The standard InChI is InChI=1S/C11H12N2O4/c14-11(15)9-7-8(12-16)1-2-10(9)13-3-5-17-6-4-13/h1-2,7H,3-6H2,(H,14,15). The average molecular weight is 236 g/mol. The molecule has 0 aromatic heterocycles. The molecule has 0 unspecified atom stereocenters. The second kappa shape index (κ2) is 4.92. The molecular formula is C11H12N2O4. The van der Waals surface area contributed by atoms with E-state index in [1.807, 2.05) is 4.90 Å². The van der Waals surface area contributed by atoms with Gasteiger partial charge >= 0.3 is 5.97 Å². The lowest BCUT2D eigenvalue weighted by Gasteiger charge is -2.29. The topological polar surface area (TPSA) is 79.2 Å². The van der Waals surface area contributed by atoms with Gasteiger partial charge in [0.05, 0.1) is 24.5 Å². The van der Waals surface area contributed by atoms with Gasteiger partial charge in [-0.15, -0.1) is 4.91 Å². The number of aromatic carboxylic acids is 1. The quantitative estimate of drug-likeness (QED) is 0.806. The average Bonchev–Trinajstić information content (AvgIpc) is 2.39. The van der Waals surface area contributed by atoms with Crippen LogP contribution in [-0.2, 0) is 4.74 Å². The molecule has 17 heavy (non-hydrogen) atoms. The van der Waals surface area contributed by atoms with Crippen molar-refractivity contribution in [2.75, 3.05) is 31.2 Å². The number of hydrogen-bond acceptors (Lipinski definition) is 5. The predicted molar refractivity (Wildman–Crippen MR) is 61.9 cm³/mol. The Morgan fingerprint density at radius 1 is 1.35 bits per heavy atom. The van der Waals surface area contributed by atoms with Crippen LogP contribution in [0.5, 0.6) is 0 Å². The molecule has 1 heterocycles. The molecule has 6 heteroatoms. The van der Waals surface area contributed by atoms with Gasteiger partial charge in [0.15, 0.2) is 0 Å². The maximum atomic E-state index is 11.1. The normalized spacial score (nSPS) is 15.6. The van der Waals surface area contributed by atoms with Crippen LogP contribution in [0.2, 0.25) is 0 Å². The van der Waals surface area contributed by atoms with Crippen LogP contribution in [-0.4, -0.2) is 37.4 Å². The van der Waals surface area contributed by atoms with Gasteiger partial charge in [0.25, 0.3) is 0 Å². The first kappa shape index (κ1) is 11.5. The van der Waals surface area contributed by atoms with Crippen LogP contribution < -0.4 is 4.90 Å². The van der Waals surface area contributed by atoms with Crippen LogP contribution in [0.25, 0.3) is 0 Å². The highest BCUT2D eigenvalue weighted by Gasteiger charge is 2.18.